The van der Waals surface area contributed by atoms with Crippen LogP contribution < -0.4 is 15.6 Å². The number of benzene rings is 4. The predicted octanol–water partition coefficient (Wildman–Crippen LogP) is 4.24. The molecule has 0 fully saturated rings. The molecule has 0 aliphatic heterocycles. The molecule has 0 aliphatic rings. The molecular weight excluding hydrogens is 370 g/mol. The van der Waals surface area contributed by atoms with Crippen molar-refractivity contribution in [2.24, 2.45) is 4.99 Å². The third-order valence-corrected chi connectivity index (χ3v) is 9.87. The molecule has 0 bridgehead atoms. The number of phenols is 1. The van der Waals surface area contributed by atoms with Gasteiger partial charge in [0.15, 0.2) is 0 Å². The van der Waals surface area contributed by atoms with Crippen molar-refractivity contribution in [2.75, 3.05) is 0 Å². The highest BCUT2D eigenvalue weighted by Gasteiger charge is 2.36. The Kier molecular flexibility index (Phi) is 5.41. The van der Waals surface area contributed by atoms with Gasteiger partial charge in [-0.2, -0.15) is 0 Å². The van der Waals surface area contributed by atoms with Gasteiger partial charge in [-0.1, -0.05) is 97.5 Å². The normalized spacial score (nSPS) is 11.6. The molecule has 1 N–H and O–H groups in total. The monoisotopic (exact) mass is 393 g/mol. The van der Waals surface area contributed by atoms with Crippen LogP contribution in [0.25, 0.3) is 0 Å². The molecular formula is C26H23NOSi. The third-order valence-electron chi connectivity index (χ3n) is 5.42. The van der Waals surface area contributed by atoms with Gasteiger partial charge in [-0.25, -0.2) is 0 Å². The fraction of sp³-hybridized carbons (Fsp3) is 0.0385. The van der Waals surface area contributed by atoms with Crippen molar-refractivity contribution in [1.29, 1.82) is 0 Å². The van der Waals surface area contributed by atoms with E-state index in [9.17, 15) is 5.11 Å². The van der Waals surface area contributed by atoms with Gasteiger partial charge in [-0.3, -0.25) is 4.99 Å². The zero-order chi connectivity index (χ0) is 20.1. The number of rotatable bonds is 5. The first kappa shape index (κ1) is 18.9. The summed E-state index contributed by atoms with van der Waals surface area (Å²) in [6.45, 7) is 2.30. The maximum absolute atomic E-state index is 11.3. The smallest absolute Gasteiger partial charge is 0.150 e. The zero-order valence-corrected chi connectivity index (χ0v) is 17.4. The van der Waals surface area contributed by atoms with E-state index in [0.29, 0.717) is 5.75 Å². The number of phenolic OH excluding ortho intramolecular Hbond substituents is 1. The van der Waals surface area contributed by atoms with Gasteiger partial charge in [-0.05, 0) is 33.8 Å². The van der Waals surface area contributed by atoms with Gasteiger partial charge in [-0.15, -0.1) is 0 Å². The Balaban J connectivity index is 1.85. The summed E-state index contributed by atoms with van der Waals surface area (Å²) in [5.74, 6) is 0.314. The molecule has 4 aromatic rings. The minimum atomic E-state index is -2.37. The molecule has 0 spiro atoms. The van der Waals surface area contributed by atoms with Gasteiger partial charge in [0.25, 0.3) is 0 Å². The first-order valence-corrected chi connectivity index (χ1v) is 12.2. The number of aromatic hydroxyl groups is 1. The summed E-state index contributed by atoms with van der Waals surface area (Å²) in [7, 11) is -2.37. The van der Waals surface area contributed by atoms with Crippen molar-refractivity contribution in [3.63, 3.8) is 0 Å². The Labute approximate surface area is 172 Å². The lowest BCUT2D eigenvalue weighted by Gasteiger charge is -2.30. The molecule has 0 radical (unpaired) electrons. The highest BCUT2D eigenvalue weighted by atomic mass is 28.3. The molecule has 4 aromatic carbocycles. The van der Waals surface area contributed by atoms with Gasteiger partial charge in [0, 0.05) is 11.8 Å². The molecule has 0 heterocycles. The van der Waals surface area contributed by atoms with Gasteiger partial charge < -0.3 is 5.11 Å². The second-order valence-electron chi connectivity index (χ2n) is 7.19. The molecule has 0 saturated heterocycles. The quantitative estimate of drug-likeness (QED) is 0.307. The van der Waals surface area contributed by atoms with Gasteiger partial charge in [0.05, 0.1) is 5.69 Å². The van der Waals surface area contributed by atoms with Crippen LogP contribution >= 0.6 is 0 Å². The van der Waals surface area contributed by atoms with E-state index in [-0.39, 0.29) is 0 Å². The Morgan fingerprint density at radius 2 is 1.17 bits per heavy atom. The van der Waals surface area contributed by atoms with Gasteiger partial charge in [0.1, 0.15) is 13.8 Å². The number of nitrogens with zero attached hydrogens (tertiary/aromatic N) is 1. The predicted molar refractivity (Wildman–Crippen MR) is 125 cm³/mol. The second-order valence-corrected chi connectivity index (χ2v) is 11.1. The minimum absolute atomic E-state index is 0.314. The van der Waals surface area contributed by atoms with Crippen LogP contribution in [0.2, 0.25) is 6.55 Å². The van der Waals surface area contributed by atoms with Gasteiger partial charge >= 0.3 is 0 Å². The Bertz CT molecular complexity index is 1070. The highest BCUT2D eigenvalue weighted by molar-refractivity contribution is 7.11. The molecule has 29 heavy (non-hydrogen) atoms. The minimum Gasteiger partial charge on any atom is -0.507 e. The van der Waals surface area contributed by atoms with Crippen LogP contribution in [0.5, 0.6) is 5.75 Å². The number of para-hydroxylation sites is 2. The van der Waals surface area contributed by atoms with E-state index in [1.165, 1.54) is 10.4 Å². The van der Waals surface area contributed by atoms with E-state index < -0.39 is 8.07 Å². The van der Waals surface area contributed by atoms with E-state index in [4.69, 9.17) is 0 Å². The lowest BCUT2D eigenvalue weighted by atomic mass is 10.2. The van der Waals surface area contributed by atoms with E-state index in [1.807, 2.05) is 54.6 Å². The average Bonchev–Trinajstić information content (AvgIpc) is 2.80. The number of hydrogen-bond donors (Lipinski definition) is 1. The molecule has 0 unspecified atom stereocenters. The van der Waals surface area contributed by atoms with Crippen LogP contribution in [0, 0.1) is 0 Å². The van der Waals surface area contributed by atoms with Crippen molar-refractivity contribution in [1.82, 2.24) is 0 Å². The fourth-order valence-electron chi connectivity index (χ4n) is 3.75. The summed E-state index contributed by atoms with van der Waals surface area (Å²) in [5.41, 5.74) is 1.60. The topological polar surface area (TPSA) is 32.6 Å². The summed E-state index contributed by atoms with van der Waals surface area (Å²) in [6, 6.07) is 36.8. The molecule has 0 aromatic heterocycles. The van der Waals surface area contributed by atoms with Crippen LogP contribution in [0.15, 0.2) is 114 Å². The molecule has 2 nitrogen and oxygen atoms in total. The molecule has 142 valence electrons. The maximum Gasteiger partial charge on any atom is 0.150 e. The molecule has 0 amide bonds. The average molecular weight is 394 g/mol. The summed E-state index contributed by atoms with van der Waals surface area (Å²) >= 11 is 0. The summed E-state index contributed by atoms with van der Waals surface area (Å²) in [6.07, 6.45) is 1.75. The molecule has 4 rings (SSSR count). The van der Waals surface area contributed by atoms with Crippen molar-refractivity contribution >= 4 is 35.5 Å². The Morgan fingerprint density at radius 3 is 1.72 bits per heavy atom. The number of aliphatic imine (C=N–C) groups is 1. The van der Waals surface area contributed by atoms with E-state index >= 15 is 0 Å². The van der Waals surface area contributed by atoms with E-state index in [0.717, 1.165) is 16.4 Å². The maximum atomic E-state index is 11.3. The SMILES string of the molecule is C[Si](c1ccccc1)(c1ccccc1)c1cccc(/C=N/c2ccccc2)c1O. The van der Waals surface area contributed by atoms with Crippen LogP contribution in [0.1, 0.15) is 5.56 Å². The summed E-state index contributed by atoms with van der Waals surface area (Å²) in [5, 5.41) is 14.8. The van der Waals surface area contributed by atoms with Crippen molar-refractivity contribution in [3.8, 4) is 5.75 Å². The standard InChI is InChI=1S/C26H23NOSi/c1-29(23-15-7-3-8-16-23,24-17-9-4-10-18-24)25-19-11-12-21(26(25)28)20-27-22-13-5-2-6-14-22/h2-20,28H,1H3/b27-20+. The molecule has 0 atom stereocenters. The fourth-order valence-corrected chi connectivity index (χ4v) is 7.47. The van der Waals surface area contributed by atoms with Crippen LogP contribution in [0.4, 0.5) is 5.69 Å². The van der Waals surface area contributed by atoms with Gasteiger partial charge in [0.2, 0.25) is 0 Å². The summed E-state index contributed by atoms with van der Waals surface area (Å²) < 4.78 is 0. The van der Waals surface area contributed by atoms with Crippen LogP contribution in [-0.4, -0.2) is 19.4 Å². The largest absolute Gasteiger partial charge is 0.507 e. The first-order valence-electron chi connectivity index (χ1n) is 9.72. The van der Waals surface area contributed by atoms with Crippen LogP contribution in [-0.2, 0) is 0 Å². The lowest BCUT2D eigenvalue weighted by molar-refractivity contribution is 0.478. The van der Waals surface area contributed by atoms with Crippen LogP contribution in [0.3, 0.4) is 0 Å². The highest BCUT2D eigenvalue weighted by Crippen LogP contribution is 2.19. The third kappa shape index (κ3) is 3.78. The van der Waals surface area contributed by atoms with Crippen molar-refractivity contribution in [2.45, 2.75) is 6.55 Å². The van der Waals surface area contributed by atoms with Crippen molar-refractivity contribution in [3.05, 3.63) is 115 Å². The number of hydrogen-bond acceptors (Lipinski definition) is 2. The lowest BCUT2D eigenvalue weighted by Crippen LogP contribution is -2.64. The Morgan fingerprint density at radius 1 is 0.655 bits per heavy atom. The van der Waals surface area contributed by atoms with E-state index in [2.05, 4.69) is 66.1 Å². The Hall–Kier alpha value is -3.43. The van der Waals surface area contributed by atoms with E-state index in [1.54, 1.807) is 6.21 Å². The summed E-state index contributed by atoms with van der Waals surface area (Å²) in [4.78, 5) is 4.54. The second kappa shape index (κ2) is 8.29. The van der Waals surface area contributed by atoms with Crippen molar-refractivity contribution < 1.29 is 5.11 Å². The first-order chi connectivity index (χ1) is 14.2. The zero-order valence-electron chi connectivity index (χ0n) is 16.4. The molecule has 0 aliphatic carbocycles. The molecule has 3 heteroatoms. The molecule has 0 saturated carbocycles.